The molecule has 1 N–H and O–H groups in total. The topological polar surface area (TPSA) is 65.1 Å². The number of benzene rings is 1. The predicted octanol–water partition coefficient (Wildman–Crippen LogP) is 3.21. The minimum absolute atomic E-state index is 0.0437. The Morgan fingerprint density at radius 1 is 1.33 bits per heavy atom. The summed E-state index contributed by atoms with van der Waals surface area (Å²) < 4.78 is 13.0. The third-order valence-electron chi connectivity index (χ3n) is 4.45. The molecule has 6 nitrogen and oxygen atoms in total. The van der Waals surface area contributed by atoms with Crippen LogP contribution in [0.4, 0.5) is 9.18 Å². The Balaban J connectivity index is 1.81. The number of aromatic nitrogens is 3. The SMILES string of the molecule is CCN(CC)C(=O)N1CCC[C@@H]1c1nc(-c2ccc(F)cc2)n[nH]1. The van der Waals surface area contributed by atoms with Gasteiger partial charge in [0.25, 0.3) is 0 Å². The third kappa shape index (κ3) is 3.11. The molecule has 1 aromatic heterocycles. The van der Waals surface area contributed by atoms with Crippen LogP contribution >= 0.6 is 0 Å². The van der Waals surface area contributed by atoms with E-state index in [-0.39, 0.29) is 17.9 Å². The Bertz CT molecular complexity index is 695. The van der Waals surface area contributed by atoms with Crippen molar-refractivity contribution in [2.75, 3.05) is 19.6 Å². The number of carbonyl (C=O) groups is 1. The number of H-pyrrole nitrogens is 1. The standard InChI is InChI=1S/C17H22FN5O/c1-3-22(4-2)17(24)23-11-5-6-14(23)16-19-15(20-21-16)12-7-9-13(18)10-8-12/h7-10,14H,3-6,11H2,1-2H3,(H,19,20,21)/t14-/m1/s1. The van der Waals surface area contributed by atoms with Gasteiger partial charge in [0.15, 0.2) is 5.82 Å². The van der Waals surface area contributed by atoms with Gasteiger partial charge in [-0.15, -0.1) is 0 Å². The maximum absolute atomic E-state index is 13.0. The second-order valence-corrected chi connectivity index (χ2v) is 5.86. The smallest absolute Gasteiger partial charge is 0.320 e. The monoisotopic (exact) mass is 331 g/mol. The Labute approximate surface area is 140 Å². The molecule has 1 fully saturated rings. The van der Waals surface area contributed by atoms with Crippen LogP contribution in [0.3, 0.4) is 0 Å². The first kappa shape index (κ1) is 16.4. The lowest BCUT2D eigenvalue weighted by Crippen LogP contribution is -2.42. The van der Waals surface area contributed by atoms with Crippen LogP contribution in [0.25, 0.3) is 11.4 Å². The Morgan fingerprint density at radius 3 is 2.71 bits per heavy atom. The first-order valence-electron chi connectivity index (χ1n) is 8.37. The summed E-state index contributed by atoms with van der Waals surface area (Å²) in [6.45, 7) is 6.07. The van der Waals surface area contributed by atoms with Crippen molar-refractivity contribution in [1.29, 1.82) is 0 Å². The number of nitrogens with one attached hydrogen (secondary N) is 1. The van der Waals surface area contributed by atoms with E-state index in [1.807, 2.05) is 23.6 Å². The van der Waals surface area contributed by atoms with E-state index in [0.717, 1.165) is 24.9 Å². The maximum atomic E-state index is 13.0. The summed E-state index contributed by atoms with van der Waals surface area (Å²) in [6.07, 6.45) is 1.81. The number of aromatic amines is 1. The number of nitrogens with zero attached hydrogens (tertiary/aromatic N) is 4. The zero-order valence-corrected chi connectivity index (χ0v) is 14.0. The number of urea groups is 1. The van der Waals surface area contributed by atoms with Gasteiger partial charge >= 0.3 is 6.03 Å². The van der Waals surface area contributed by atoms with Gasteiger partial charge in [-0.3, -0.25) is 5.10 Å². The average molecular weight is 331 g/mol. The number of amides is 2. The molecular weight excluding hydrogens is 309 g/mol. The number of carbonyl (C=O) groups excluding carboxylic acids is 1. The van der Waals surface area contributed by atoms with Crippen molar-refractivity contribution in [1.82, 2.24) is 25.0 Å². The molecule has 7 heteroatoms. The van der Waals surface area contributed by atoms with Gasteiger partial charge in [-0.05, 0) is 51.0 Å². The highest BCUT2D eigenvalue weighted by atomic mass is 19.1. The summed E-state index contributed by atoms with van der Waals surface area (Å²) in [4.78, 5) is 20.9. The zero-order chi connectivity index (χ0) is 17.1. The van der Waals surface area contributed by atoms with Crippen LogP contribution in [0.5, 0.6) is 0 Å². The van der Waals surface area contributed by atoms with Crippen molar-refractivity contribution >= 4 is 6.03 Å². The van der Waals surface area contributed by atoms with E-state index in [0.29, 0.717) is 24.7 Å². The van der Waals surface area contributed by atoms with E-state index in [9.17, 15) is 9.18 Å². The summed E-state index contributed by atoms with van der Waals surface area (Å²) in [7, 11) is 0. The first-order chi connectivity index (χ1) is 11.6. The third-order valence-corrected chi connectivity index (χ3v) is 4.45. The van der Waals surface area contributed by atoms with Gasteiger partial charge in [0, 0.05) is 25.2 Å². The lowest BCUT2D eigenvalue weighted by molar-refractivity contribution is 0.151. The molecule has 0 radical (unpaired) electrons. The van der Waals surface area contributed by atoms with Gasteiger partial charge in [0.1, 0.15) is 11.6 Å². The Morgan fingerprint density at radius 2 is 2.04 bits per heavy atom. The fraction of sp³-hybridized carbons (Fsp3) is 0.471. The van der Waals surface area contributed by atoms with Crippen molar-refractivity contribution in [2.45, 2.75) is 32.7 Å². The number of halogens is 1. The quantitative estimate of drug-likeness (QED) is 0.935. The molecule has 128 valence electrons. The van der Waals surface area contributed by atoms with Gasteiger partial charge in [0.05, 0.1) is 6.04 Å². The van der Waals surface area contributed by atoms with Crippen molar-refractivity contribution in [3.05, 3.63) is 35.9 Å². The van der Waals surface area contributed by atoms with E-state index in [1.165, 1.54) is 12.1 Å². The minimum atomic E-state index is -0.290. The van der Waals surface area contributed by atoms with E-state index in [2.05, 4.69) is 15.2 Å². The summed E-state index contributed by atoms with van der Waals surface area (Å²) in [5.74, 6) is 0.917. The second-order valence-electron chi connectivity index (χ2n) is 5.86. The van der Waals surface area contributed by atoms with Gasteiger partial charge in [-0.1, -0.05) is 0 Å². The van der Waals surface area contributed by atoms with Crippen molar-refractivity contribution in [3.8, 4) is 11.4 Å². The van der Waals surface area contributed by atoms with Crippen LogP contribution in [0.2, 0.25) is 0 Å². The maximum Gasteiger partial charge on any atom is 0.320 e. The lowest BCUT2D eigenvalue weighted by Gasteiger charge is -2.29. The zero-order valence-electron chi connectivity index (χ0n) is 14.0. The number of hydrogen-bond acceptors (Lipinski definition) is 3. The second kappa shape index (κ2) is 6.98. The molecule has 1 saturated heterocycles. The molecule has 0 spiro atoms. The van der Waals surface area contributed by atoms with Crippen molar-refractivity contribution in [2.24, 2.45) is 0 Å². The molecule has 1 aliphatic rings. The first-order valence-corrected chi connectivity index (χ1v) is 8.37. The molecule has 3 rings (SSSR count). The molecule has 1 aromatic carbocycles. The normalized spacial score (nSPS) is 17.3. The lowest BCUT2D eigenvalue weighted by atomic mass is 10.2. The predicted molar refractivity (Wildman–Crippen MR) is 88.8 cm³/mol. The van der Waals surface area contributed by atoms with Gasteiger partial charge < -0.3 is 9.80 Å². The summed E-state index contributed by atoms with van der Waals surface area (Å²) in [5, 5.41) is 7.18. The molecule has 1 aliphatic heterocycles. The van der Waals surface area contributed by atoms with E-state index >= 15 is 0 Å². The van der Waals surface area contributed by atoms with Crippen molar-refractivity contribution < 1.29 is 9.18 Å². The fourth-order valence-electron chi connectivity index (χ4n) is 3.11. The van der Waals surface area contributed by atoms with Crippen molar-refractivity contribution in [3.63, 3.8) is 0 Å². The molecule has 24 heavy (non-hydrogen) atoms. The molecule has 0 bridgehead atoms. The van der Waals surface area contributed by atoms with E-state index in [1.54, 1.807) is 12.1 Å². The van der Waals surface area contributed by atoms with Crippen LogP contribution in [0.1, 0.15) is 38.6 Å². The summed E-state index contributed by atoms with van der Waals surface area (Å²) >= 11 is 0. The molecule has 0 unspecified atom stereocenters. The molecule has 1 atom stereocenters. The number of hydrogen-bond donors (Lipinski definition) is 1. The highest BCUT2D eigenvalue weighted by Gasteiger charge is 2.34. The molecule has 0 saturated carbocycles. The van der Waals surface area contributed by atoms with E-state index in [4.69, 9.17) is 0 Å². The molecular formula is C17H22FN5O. The van der Waals surface area contributed by atoms with Gasteiger partial charge in [0.2, 0.25) is 0 Å². The van der Waals surface area contributed by atoms with Crippen LogP contribution < -0.4 is 0 Å². The average Bonchev–Trinajstić information content (AvgIpc) is 3.25. The largest absolute Gasteiger partial charge is 0.325 e. The Hall–Kier alpha value is -2.44. The number of rotatable bonds is 4. The number of likely N-dealkylation sites (tertiary alicyclic amines) is 1. The highest BCUT2D eigenvalue weighted by Crippen LogP contribution is 2.31. The van der Waals surface area contributed by atoms with Crippen LogP contribution in [-0.2, 0) is 0 Å². The van der Waals surface area contributed by atoms with Crippen LogP contribution in [0.15, 0.2) is 24.3 Å². The summed E-state index contributed by atoms with van der Waals surface area (Å²) in [6, 6.07) is 6.03. The van der Waals surface area contributed by atoms with Crippen LogP contribution in [0, 0.1) is 5.82 Å². The molecule has 2 aromatic rings. The Kier molecular flexibility index (Phi) is 4.78. The van der Waals surface area contributed by atoms with Crippen LogP contribution in [-0.4, -0.2) is 50.6 Å². The summed E-state index contributed by atoms with van der Waals surface area (Å²) in [5.41, 5.74) is 0.749. The fourth-order valence-corrected chi connectivity index (χ4v) is 3.11. The molecule has 2 amide bonds. The van der Waals surface area contributed by atoms with Gasteiger partial charge in [-0.2, -0.15) is 5.10 Å². The highest BCUT2D eigenvalue weighted by molar-refractivity contribution is 5.75. The molecule has 0 aliphatic carbocycles. The minimum Gasteiger partial charge on any atom is -0.325 e. The molecule has 2 heterocycles. The van der Waals surface area contributed by atoms with Gasteiger partial charge in [-0.25, -0.2) is 14.2 Å². The van der Waals surface area contributed by atoms with E-state index < -0.39 is 0 Å².